The highest BCUT2D eigenvalue weighted by molar-refractivity contribution is 5.80. The zero-order chi connectivity index (χ0) is 15.2. The molecule has 0 aliphatic rings. The molecule has 0 aromatic heterocycles. The molecule has 19 heavy (non-hydrogen) atoms. The zero-order valence-corrected chi connectivity index (χ0v) is 13.9. The number of nitrogens with zero attached hydrogens (tertiary/aromatic N) is 1. The fraction of sp³-hybridized carbons (Fsp3) is 0.933. The van der Waals surface area contributed by atoms with Gasteiger partial charge in [-0.05, 0) is 46.7 Å². The molecule has 0 saturated heterocycles. The summed E-state index contributed by atoms with van der Waals surface area (Å²) in [6, 6.07) is 0.791. The molecule has 0 rings (SSSR count). The van der Waals surface area contributed by atoms with Gasteiger partial charge in [0.05, 0.1) is 7.11 Å². The monoisotopic (exact) mass is 272 g/mol. The van der Waals surface area contributed by atoms with Gasteiger partial charge < -0.3 is 15.0 Å². The van der Waals surface area contributed by atoms with E-state index in [2.05, 4.69) is 45.0 Å². The van der Waals surface area contributed by atoms with Gasteiger partial charge in [0.1, 0.15) is 5.54 Å². The maximum atomic E-state index is 12.0. The fourth-order valence-corrected chi connectivity index (χ4v) is 2.45. The number of likely N-dealkylation sites (N-methyl/N-ethyl adjacent to an activating group) is 1. The van der Waals surface area contributed by atoms with Gasteiger partial charge >= 0.3 is 5.97 Å². The third kappa shape index (κ3) is 5.11. The van der Waals surface area contributed by atoms with Crippen LogP contribution in [-0.4, -0.2) is 49.2 Å². The second-order valence-electron chi connectivity index (χ2n) is 6.06. The van der Waals surface area contributed by atoms with E-state index in [-0.39, 0.29) is 5.97 Å². The lowest BCUT2D eigenvalue weighted by atomic mass is 9.91. The van der Waals surface area contributed by atoms with Crippen LogP contribution < -0.4 is 5.32 Å². The van der Waals surface area contributed by atoms with Crippen molar-refractivity contribution < 1.29 is 9.53 Å². The summed E-state index contributed by atoms with van der Waals surface area (Å²) in [5.74, 6) is 0.405. The smallest absolute Gasteiger partial charge is 0.325 e. The Labute approximate surface area is 118 Å². The van der Waals surface area contributed by atoms with Crippen molar-refractivity contribution >= 4 is 5.97 Å². The Morgan fingerprint density at radius 1 is 1.32 bits per heavy atom. The van der Waals surface area contributed by atoms with E-state index in [0.717, 1.165) is 13.0 Å². The predicted molar refractivity (Wildman–Crippen MR) is 80.2 cm³/mol. The first-order valence-electron chi connectivity index (χ1n) is 7.25. The summed E-state index contributed by atoms with van der Waals surface area (Å²) in [5.41, 5.74) is -0.617. The summed E-state index contributed by atoms with van der Waals surface area (Å²) < 4.78 is 4.94. The standard InChI is InChI=1S/C15H32N2O2/c1-9-16-15(6,14(18)19-8)10-12(4)17(7)13(5)11(2)3/h11-13,16H,9-10H2,1-8H3. The van der Waals surface area contributed by atoms with Crippen molar-refractivity contribution in [1.29, 1.82) is 0 Å². The number of esters is 1. The molecule has 0 spiro atoms. The van der Waals surface area contributed by atoms with Gasteiger partial charge in [-0.2, -0.15) is 0 Å². The van der Waals surface area contributed by atoms with Gasteiger partial charge in [0.2, 0.25) is 0 Å². The number of ether oxygens (including phenoxy) is 1. The highest BCUT2D eigenvalue weighted by atomic mass is 16.5. The van der Waals surface area contributed by atoms with Crippen LogP contribution in [0.3, 0.4) is 0 Å². The van der Waals surface area contributed by atoms with Crippen molar-refractivity contribution in [2.45, 2.75) is 65.6 Å². The lowest BCUT2D eigenvalue weighted by Crippen LogP contribution is -2.54. The molecule has 0 aliphatic carbocycles. The van der Waals surface area contributed by atoms with Crippen LogP contribution in [0.4, 0.5) is 0 Å². The van der Waals surface area contributed by atoms with E-state index in [9.17, 15) is 4.79 Å². The third-order valence-electron chi connectivity index (χ3n) is 4.21. The van der Waals surface area contributed by atoms with E-state index in [4.69, 9.17) is 4.74 Å². The maximum absolute atomic E-state index is 12.0. The molecule has 0 heterocycles. The van der Waals surface area contributed by atoms with Gasteiger partial charge in [0.25, 0.3) is 0 Å². The molecular weight excluding hydrogens is 240 g/mol. The maximum Gasteiger partial charge on any atom is 0.325 e. The van der Waals surface area contributed by atoms with E-state index in [1.165, 1.54) is 7.11 Å². The quantitative estimate of drug-likeness (QED) is 0.688. The van der Waals surface area contributed by atoms with Gasteiger partial charge in [-0.25, -0.2) is 0 Å². The molecule has 0 radical (unpaired) electrons. The number of carbonyl (C=O) groups excluding carboxylic acids is 1. The van der Waals surface area contributed by atoms with Gasteiger partial charge in [-0.3, -0.25) is 4.79 Å². The lowest BCUT2D eigenvalue weighted by molar-refractivity contribution is -0.148. The van der Waals surface area contributed by atoms with Crippen LogP contribution in [0.15, 0.2) is 0 Å². The highest BCUT2D eigenvalue weighted by Crippen LogP contribution is 2.20. The van der Waals surface area contributed by atoms with Gasteiger partial charge in [-0.1, -0.05) is 20.8 Å². The topological polar surface area (TPSA) is 41.6 Å². The summed E-state index contributed by atoms with van der Waals surface area (Å²) in [5, 5.41) is 3.26. The zero-order valence-electron chi connectivity index (χ0n) is 13.9. The number of rotatable bonds is 8. The normalized spacial score (nSPS) is 18.2. The van der Waals surface area contributed by atoms with Crippen LogP contribution in [0.1, 0.15) is 48.0 Å². The van der Waals surface area contributed by atoms with Crippen molar-refractivity contribution in [3.05, 3.63) is 0 Å². The van der Waals surface area contributed by atoms with Crippen molar-refractivity contribution in [3.8, 4) is 0 Å². The Bertz CT molecular complexity index is 281. The summed E-state index contributed by atoms with van der Waals surface area (Å²) in [4.78, 5) is 14.3. The van der Waals surface area contributed by atoms with E-state index >= 15 is 0 Å². The van der Waals surface area contributed by atoms with Gasteiger partial charge in [-0.15, -0.1) is 0 Å². The Morgan fingerprint density at radius 2 is 1.84 bits per heavy atom. The van der Waals surface area contributed by atoms with Crippen molar-refractivity contribution in [2.24, 2.45) is 5.92 Å². The second-order valence-corrected chi connectivity index (χ2v) is 6.06. The minimum atomic E-state index is -0.617. The van der Waals surface area contributed by atoms with E-state index in [1.54, 1.807) is 0 Å². The first-order chi connectivity index (χ1) is 8.69. The molecule has 0 fully saturated rings. The average Bonchev–Trinajstić information content (AvgIpc) is 2.35. The Balaban J connectivity index is 4.81. The SMILES string of the molecule is CCNC(C)(CC(C)N(C)C(C)C(C)C)C(=O)OC. The molecular formula is C15H32N2O2. The number of methoxy groups -OCH3 is 1. The molecule has 0 amide bonds. The summed E-state index contributed by atoms with van der Waals surface area (Å²) in [7, 11) is 3.57. The van der Waals surface area contributed by atoms with Gasteiger partial charge in [0.15, 0.2) is 0 Å². The fourth-order valence-electron chi connectivity index (χ4n) is 2.45. The minimum absolute atomic E-state index is 0.188. The summed E-state index contributed by atoms with van der Waals surface area (Å²) >= 11 is 0. The van der Waals surface area contributed by atoms with Crippen LogP contribution in [0.5, 0.6) is 0 Å². The van der Waals surface area contributed by atoms with Crippen LogP contribution in [0, 0.1) is 5.92 Å². The Kier molecular flexibility index (Phi) is 7.60. The molecule has 0 aromatic rings. The second kappa shape index (κ2) is 7.85. The highest BCUT2D eigenvalue weighted by Gasteiger charge is 2.36. The molecule has 3 unspecified atom stereocenters. The molecule has 0 aromatic carbocycles. The van der Waals surface area contributed by atoms with Crippen LogP contribution in [-0.2, 0) is 9.53 Å². The first kappa shape index (κ1) is 18.4. The van der Waals surface area contributed by atoms with Crippen LogP contribution in [0.2, 0.25) is 0 Å². The molecule has 1 N–H and O–H groups in total. The van der Waals surface area contributed by atoms with E-state index in [0.29, 0.717) is 18.0 Å². The molecule has 114 valence electrons. The molecule has 3 atom stereocenters. The number of hydrogen-bond acceptors (Lipinski definition) is 4. The Hall–Kier alpha value is -0.610. The van der Waals surface area contributed by atoms with Crippen LogP contribution >= 0.6 is 0 Å². The van der Waals surface area contributed by atoms with Gasteiger partial charge in [0, 0.05) is 12.1 Å². The third-order valence-corrected chi connectivity index (χ3v) is 4.21. The van der Waals surface area contributed by atoms with Crippen molar-refractivity contribution in [3.63, 3.8) is 0 Å². The predicted octanol–water partition coefficient (Wildman–Crippen LogP) is 2.28. The van der Waals surface area contributed by atoms with E-state index < -0.39 is 5.54 Å². The Morgan fingerprint density at radius 3 is 2.21 bits per heavy atom. The first-order valence-corrected chi connectivity index (χ1v) is 7.25. The largest absolute Gasteiger partial charge is 0.468 e. The number of nitrogens with one attached hydrogen (secondary N) is 1. The summed E-state index contributed by atoms with van der Waals surface area (Å²) in [6.45, 7) is 13.5. The molecule has 0 aliphatic heterocycles. The lowest BCUT2D eigenvalue weighted by Gasteiger charge is -2.38. The van der Waals surface area contributed by atoms with Crippen molar-refractivity contribution in [2.75, 3.05) is 20.7 Å². The molecule has 0 bridgehead atoms. The van der Waals surface area contributed by atoms with E-state index in [1.807, 2.05) is 13.8 Å². The van der Waals surface area contributed by atoms with Crippen molar-refractivity contribution in [1.82, 2.24) is 10.2 Å². The molecule has 4 heteroatoms. The number of carbonyl (C=O) groups is 1. The summed E-state index contributed by atoms with van der Waals surface area (Å²) in [6.07, 6.45) is 0.737. The molecule has 4 nitrogen and oxygen atoms in total. The number of hydrogen-bond donors (Lipinski definition) is 1. The minimum Gasteiger partial charge on any atom is -0.468 e. The molecule has 0 saturated carbocycles. The van der Waals surface area contributed by atoms with Crippen LogP contribution in [0.25, 0.3) is 0 Å². The average molecular weight is 272 g/mol.